The molecule has 1 heterocycles. The summed E-state index contributed by atoms with van der Waals surface area (Å²) in [5.74, 6) is 0. The van der Waals surface area contributed by atoms with Crippen LogP contribution in [-0.2, 0) is 20.8 Å². The van der Waals surface area contributed by atoms with Gasteiger partial charge in [0.15, 0.2) is 6.29 Å². The topological polar surface area (TPSA) is 40.0 Å². The van der Waals surface area contributed by atoms with E-state index in [4.69, 9.17) is 14.2 Å². The number of benzene rings is 1. The van der Waals surface area contributed by atoms with Crippen LogP contribution in [0.4, 0.5) is 0 Å². The lowest BCUT2D eigenvalue weighted by Gasteiger charge is -2.34. The number of nitrogens with zero attached hydrogens (tertiary/aromatic N) is 1. The van der Waals surface area contributed by atoms with Crippen molar-refractivity contribution in [3.8, 4) is 0 Å². The molecule has 0 radical (unpaired) electrons. The Bertz CT molecular complexity index is 457. The minimum absolute atomic E-state index is 0.155. The predicted octanol–water partition coefficient (Wildman–Crippen LogP) is 3.59. The largest absolute Gasteiger partial charge is 0.373 e. The van der Waals surface area contributed by atoms with Crippen molar-refractivity contribution in [2.75, 3.05) is 13.7 Å². The van der Waals surface area contributed by atoms with E-state index >= 15 is 0 Å². The smallest absolute Gasteiger partial charge is 0.160 e. The molecule has 4 heteroatoms. The maximum atomic E-state index is 6.06. The van der Waals surface area contributed by atoms with Gasteiger partial charge >= 0.3 is 0 Å². The third kappa shape index (κ3) is 5.87. The van der Waals surface area contributed by atoms with Crippen LogP contribution in [0.5, 0.6) is 0 Å². The minimum Gasteiger partial charge on any atom is -0.373 e. The minimum atomic E-state index is -0.175. The van der Waals surface area contributed by atoms with Crippen LogP contribution in [0.2, 0.25) is 0 Å². The van der Waals surface area contributed by atoms with Crippen LogP contribution in [0, 0.1) is 0 Å². The summed E-state index contributed by atoms with van der Waals surface area (Å²) in [6, 6.07) is 10.3. The third-order valence-electron chi connectivity index (χ3n) is 3.80. The van der Waals surface area contributed by atoms with E-state index in [1.807, 2.05) is 32.0 Å². The summed E-state index contributed by atoms with van der Waals surface area (Å²) in [4.78, 5) is 4.44. The highest BCUT2D eigenvalue weighted by atomic mass is 16.7. The normalized spacial score (nSPS) is 25.0. The molecule has 0 spiro atoms. The van der Waals surface area contributed by atoms with Crippen molar-refractivity contribution in [3.05, 3.63) is 35.9 Å². The number of ether oxygens (including phenoxy) is 3. The Hall–Kier alpha value is -1.23. The highest BCUT2D eigenvalue weighted by Crippen LogP contribution is 2.25. The molecule has 0 aromatic heterocycles. The lowest BCUT2D eigenvalue weighted by Crippen LogP contribution is -2.38. The van der Waals surface area contributed by atoms with Crippen molar-refractivity contribution in [2.24, 2.45) is 4.99 Å². The molecule has 1 saturated heterocycles. The Morgan fingerprint density at radius 3 is 2.68 bits per heavy atom. The lowest BCUT2D eigenvalue weighted by atomic mass is 10.0. The van der Waals surface area contributed by atoms with E-state index in [2.05, 4.69) is 17.1 Å². The molecular weight excluding hydrogens is 278 g/mol. The van der Waals surface area contributed by atoms with Crippen molar-refractivity contribution < 1.29 is 14.2 Å². The molecule has 122 valence electrons. The van der Waals surface area contributed by atoms with Crippen LogP contribution in [0.3, 0.4) is 0 Å². The molecule has 3 unspecified atom stereocenters. The van der Waals surface area contributed by atoms with Gasteiger partial charge in [-0.2, -0.15) is 0 Å². The molecule has 1 aliphatic heterocycles. The van der Waals surface area contributed by atoms with Crippen LogP contribution in [0.25, 0.3) is 0 Å². The molecule has 0 bridgehead atoms. The van der Waals surface area contributed by atoms with Crippen molar-refractivity contribution in [1.82, 2.24) is 0 Å². The SMILES string of the molecule is COC1CC(OCc2ccccc2)CC(CCN=C(C)C)O1. The van der Waals surface area contributed by atoms with Gasteiger partial charge in [-0.3, -0.25) is 4.99 Å². The quantitative estimate of drug-likeness (QED) is 0.723. The average molecular weight is 305 g/mol. The van der Waals surface area contributed by atoms with E-state index in [0.29, 0.717) is 6.61 Å². The van der Waals surface area contributed by atoms with Gasteiger partial charge in [0, 0.05) is 32.2 Å². The summed E-state index contributed by atoms with van der Waals surface area (Å²) in [5.41, 5.74) is 2.31. The van der Waals surface area contributed by atoms with E-state index in [9.17, 15) is 0 Å². The molecule has 22 heavy (non-hydrogen) atoms. The molecule has 0 N–H and O–H groups in total. The summed E-state index contributed by atoms with van der Waals surface area (Å²) in [5, 5.41) is 0. The van der Waals surface area contributed by atoms with Crippen LogP contribution in [-0.4, -0.2) is 37.9 Å². The van der Waals surface area contributed by atoms with Gasteiger partial charge in [0.25, 0.3) is 0 Å². The Morgan fingerprint density at radius 2 is 2.00 bits per heavy atom. The Labute approximate surface area is 133 Å². The fraction of sp³-hybridized carbons (Fsp3) is 0.611. The fourth-order valence-corrected chi connectivity index (χ4v) is 2.62. The highest BCUT2D eigenvalue weighted by Gasteiger charge is 2.29. The fourth-order valence-electron chi connectivity index (χ4n) is 2.62. The van der Waals surface area contributed by atoms with Crippen molar-refractivity contribution in [1.29, 1.82) is 0 Å². The van der Waals surface area contributed by atoms with Crippen molar-refractivity contribution >= 4 is 5.71 Å². The summed E-state index contributed by atoms with van der Waals surface area (Å²) >= 11 is 0. The second kappa shape index (κ2) is 9.03. The molecule has 0 amide bonds. The summed E-state index contributed by atoms with van der Waals surface area (Å²) in [6.45, 7) is 5.48. The van der Waals surface area contributed by atoms with Crippen LogP contribution >= 0.6 is 0 Å². The number of hydrogen-bond donors (Lipinski definition) is 0. The van der Waals surface area contributed by atoms with Gasteiger partial charge in [-0.05, 0) is 25.8 Å². The summed E-state index contributed by atoms with van der Waals surface area (Å²) in [6.07, 6.45) is 2.77. The van der Waals surface area contributed by atoms with Crippen molar-refractivity contribution in [2.45, 2.75) is 58.2 Å². The van der Waals surface area contributed by atoms with E-state index in [0.717, 1.165) is 31.5 Å². The first kappa shape index (κ1) is 17.1. The molecule has 0 aliphatic carbocycles. The Balaban J connectivity index is 1.83. The van der Waals surface area contributed by atoms with E-state index in [1.54, 1.807) is 7.11 Å². The molecule has 4 nitrogen and oxygen atoms in total. The van der Waals surface area contributed by atoms with Crippen LogP contribution in [0.15, 0.2) is 35.3 Å². The van der Waals surface area contributed by atoms with Crippen LogP contribution in [0.1, 0.15) is 38.7 Å². The molecule has 3 atom stereocenters. The average Bonchev–Trinajstić information content (AvgIpc) is 2.53. The zero-order chi connectivity index (χ0) is 15.8. The Kier molecular flexibility index (Phi) is 7.03. The summed E-state index contributed by atoms with van der Waals surface area (Å²) in [7, 11) is 1.69. The van der Waals surface area contributed by atoms with Gasteiger partial charge in [0.1, 0.15) is 0 Å². The lowest BCUT2D eigenvalue weighted by molar-refractivity contribution is -0.213. The van der Waals surface area contributed by atoms with E-state index in [1.165, 1.54) is 5.56 Å². The maximum absolute atomic E-state index is 6.06. The second-order valence-electron chi connectivity index (χ2n) is 5.93. The van der Waals surface area contributed by atoms with Crippen LogP contribution < -0.4 is 0 Å². The first-order valence-corrected chi connectivity index (χ1v) is 7.99. The zero-order valence-corrected chi connectivity index (χ0v) is 13.8. The molecule has 1 aromatic carbocycles. The van der Waals surface area contributed by atoms with Gasteiger partial charge in [-0.1, -0.05) is 30.3 Å². The highest BCUT2D eigenvalue weighted by molar-refractivity contribution is 5.78. The third-order valence-corrected chi connectivity index (χ3v) is 3.80. The zero-order valence-electron chi connectivity index (χ0n) is 13.8. The molecule has 1 aliphatic rings. The molecule has 0 saturated carbocycles. The van der Waals surface area contributed by atoms with Gasteiger partial charge in [-0.15, -0.1) is 0 Å². The second-order valence-corrected chi connectivity index (χ2v) is 5.93. The van der Waals surface area contributed by atoms with Gasteiger partial charge < -0.3 is 14.2 Å². The predicted molar refractivity (Wildman–Crippen MR) is 88.2 cm³/mol. The Morgan fingerprint density at radius 1 is 1.23 bits per heavy atom. The number of aliphatic imine (C=N–C) groups is 1. The number of methoxy groups -OCH3 is 1. The number of rotatable bonds is 7. The first-order chi connectivity index (χ1) is 10.7. The monoisotopic (exact) mass is 305 g/mol. The molecule has 1 fully saturated rings. The van der Waals surface area contributed by atoms with E-state index < -0.39 is 0 Å². The van der Waals surface area contributed by atoms with Gasteiger partial charge in [-0.25, -0.2) is 0 Å². The molecule has 1 aromatic rings. The summed E-state index contributed by atoms with van der Waals surface area (Å²) < 4.78 is 17.4. The van der Waals surface area contributed by atoms with E-state index in [-0.39, 0.29) is 18.5 Å². The van der Waals surface area contributed by atoms with Crippen molar-refractivity contribution in [3.63, 3.8) is 0 Å². The molecule has 2 rings (SSSR count). The van der Waals surface area contributed by atoms with Gasteiger partial charge in [0.2, 0.25) is 0 Å². The number of hydrogen-bond acceptors (Lipinski definition) is 4. The molecular formula is C18H27NO3. The standard InChI is InChI=1S/C18H27NO3/c1-14(2)19-10-9-16-11-17(12-18(20-3)22-16)21-13-15-7-5-4-6-8-15/h4-8,16-18H,9-13H2,1-3H3. The maximum Gasteiger partial charge on any atom is 0.160 e. The first-order valence-electron chi connectivity index (χ1n) is 7.99. The van der Waals surface area contributed by atoms with Gasteiger partial charge in [0.05, 0.1) is 18.8 Å².